The van der Waals surface area contributed by atoms with E-state index in [1.54, 1.807) is 13.2 Å². The quantitative estimate of drug-likeness (QED) is 0.799. The molecule has 1 N–H and O–H groups in total. The number of carboxylic acid groups (broad SMARTS) is 1. The molecule has 4 nitrogen and oxygen atoms in total. The summed E-state index contributed by atoms with van der Waals surface area (Å²) in [5.41, 5.74) is 2.38. The molecule has 0 aliphatic rings. The number of hydrogen-bond acceptors (Lipinski definition) is 3. The van der Waals surface area contributed by atoms with Crippen LogP contribution in [-0.4, -0.2) is 23.2 Å². The Hall–Kier alpha value is -2.88. The van der Waals surface area contributed by atoms with Crippen molar-refractivity contribution in [3.63, 3.8) is 0 Å². The predicted octanol–water partition coefficient (Wildman–Crippen LogP) is 3.53. The number of aromatic nitrogens is 1. The van der Waals surface area contributed by atoms with Gasteiger partial charge in [-0.15, -0.1) is 0 Å². The van der Waals surface area contributed by atoms with Crippen molar-refractivity contribution in [2.24, 2.45) is 0 Å². The molecule has 110 valence electrons. The van der Waals surface area contributed by atoms with E-state index in [2.05, 4.69) is 4.98 Å². The highest BCUT2D eigenvalue weighted by atomic mass is 16.5. The van der Waals surface area contributed by atoms with E-state index in [0.29, 0.717) is 23.3 Å². The van der Waals surface area contributed by atoms with Crippen molar-refractivity contribution in [2.45, 2.75) is 6.42 Å². The summed E-state index contributed by atoms with van der Waals surface area (Å²) in [6.45, 7) is 0. The van der Waals surface area contributed by atoms with Gasteiger partial charge in [-0.3, -0.25) is 0 Å². The van der Waals surface area contributed by atoms with Crippen molar-refractivity contribution < 1.29 is 14.6 Å². The standard InChI is InChI=1S/C18H15NO3/c1-22-15-9-5-8-13-11-14(10-12-6-3-2-4-7-12)17(18(20)21)19-16(13)15/h2-9,11H,10H2,1H3,(H,20,21). The second-order valence-electron chi connectivity index (χ2n) is 5.00. The van der Waals surface area contributed by atoms with E-state index in [9.17, 15) is 9.90 Å². The first kappa shape index (κ1) is 14.1. The van der Waals surface area contributed by atoms with E-state index in [-0.39, 0.29) is 5.69 Å². The molecule has 0 fully saturated rings. The largest absolute Gasteiger partial charge is 0.494 e. The lowest BCUT2D eigenvalue weighted by atomic mass is 10.0. The molecule has 0 aliphatic carbocycles. The number of benzene rings is 2. The second-order valence-corrected chi connectivity index (χ2v) is 5.00. The third-order valence-corrected chi connectivity index (χ3v) is 3.55. The summed E-state index contributed by atoms with van der Waals surface area (Å²) in [6.07, 6.45) is 0.530. The Bertz CT molecular complexity index is 828. The number of pyridine rings is 1. The van der Waals surface area contributed by atoms with Crippen molar-refractivity contribution in [3.05, 3.63) is 71.4 Å². The average molecular weight is 293 g/mol. The fraction of sp³-hybridized carbons (Fsp3) is 0.111. The Morgan fingerprint density at radius 2 is 1.91 bits per heavy atom. The number of aromatic carboxylic acids is 1. The molecule has 0 amide bonds. The number of nitrogens with zero attached hydrogens (tertiary/aromatic N) is 1. The minimum atomic E-state index is -1.03. The molecule has 0 saturated carbocycles. The number of methoxy groups -OCH3 is 1. The van der Waals surface area contributed by atoms with Gasteiger partial charge in [-0.05, 0) is 29.7 Å². The van der Waals surface area contributed by atoms with Crippen LogP contribution in [0.15, 0.2) is 54.6 Å². The number of carboxylic acids is 1. The lowest BCUT2D eigenvalue weighted by Gasteiger charge is -2.10. The Kier molecular flexibility index (Phi) is 3.74. The van der Waals surface area contributed by atoms with Crippen molar-refractivity contribution in [1.82, 2.24) is 4.98 Å². The van der Waals surface area contributed by atoms with Gasteiger partial charge in [0.25, 0.3) is 0 Å². The third kappa shape index (κ3) is 2.63. The number of para-hydroxylation sites is 1. The molecule has 1 heterocycles. The summed E-state index contributed by atoms with van der Waals surface area (Å²) < 4.78 is 5.26. The van der Waals surface area contributed by atoms with Crippen LogP contribution in [0.3, 0.4) is 0 Å². The predicted molar refractivity (Wildman–Crippen MR) is 84.5 cm³/mol. The smallest absolute Gasteiger partial charge is 0.354 e. The van der Waals surface area contributed by atoms with Crippen LogP contribution in [0.25, 0.3) is 10.9 Å². The molecule has 2 aromatic carbocycles. The van der Waals surface area contributed by atoms with Gasteiger partial charge in [0.1, 0.15) is 11.3 Å². The Morgan fingerprint density at radius 1 is 1.14 bits per heavy atom. The summed E-state index contributed by atoms with van der Waals surface area (Å²) in [6, 6.07) is 17.2. The first-order valence-corrected chi connectivity index (χ1v) is 6.93. The normalized spacial score (nSPS) is 10.6. The molecule has 22 heavy (non-hydrogen) atoms. The van der Waals surface area contributed by atoms with Crippen LogP contribution >= 0.6 is 0 Å². The second kappa shape index (κ2) is 5.85. The topological polar surface area (TPSA) is 59.4 Å². The maximum absolute atomic E-state index is 11.6. The Balaban J connectivity index is 2.16. The van der Waals surface area contributed by atoms with Crippen molar-refractivity contribution >= 4 is 16.9 Å². The van der Waals surface area contributed by atoms with Crippen LogP contribution in [-0.2, 0) is 6.42 Å². The lowest BCUT2D eigenvalue weighted by molar-refractivity contribution is 0.0690. The summed E-state index contributed by atoms with van der Waals surface area (Å²) in [4.78, 5) is 15.9. The van der Waals surface area contributed by atoms with Gasteiger partial charge >= 0.3 is 5.97 Å². The van der Waals surface area contributed by atoms with E-state index in [1.165, 1.54) is 0 Å². The summed E-state index contributed by atoms with van der Waals surface area (Å²) >= 11 is 0. The monoisotopic (exact) mass is 293 g/mol. The molecule has 0 spiro atoms. The van der Waals surface area contributed by atoms with Gasteiger partial charge in [0.05, 0.1) is 7.11 Å². The fourth-order valence-electron chi connectivity index (χ4n) is 2.52. The summed E-state index contributed by atoms with van der Waals surface area (Å²) in [5, 5.41) is 10.3. The van der Waals surface area contributed by atoms with Gasteiger partial charge < -0.3 is 9.84 Å². The maximum atomic E-state index is 11.6. The fourth-order valence-corrected chi connectivity index (χ4v) is 2.52. The van der Waals surface area contributed by atoms with Crippen molar-refractivity contribution in [3.8, 4) is 5.75 Å². The van der Waals surface area contributed by atoms with Gasteiger partial charge in [-0.1, -0.05) is 42.5 Å². The minimum absolute atomic E-state index is 0.0702. The van der Waals surface area contributed by atoms with Crippen LogP contribution in [0.2, 0.25) is 0 Å². The van der Waals surface area contributed by atoms with Crippen molar-refractivity contribution in [1.29, 1.82) is 0 Å². The molecule has 3 rings (SSSR count). The Labute approximate surface area is 128 Å². The highest BCUT2D eigenvalue weighted by Gasteiger charge is 2.15. The third-order valence-electron chi connectivity index (χ3n) is 3.55. The molecule has 0 bridgehead atoms. The zero-order chi connectivity index (χ0) is 15.5. The molecule has 0 unspecified atom stereocenters. The first-order chi connectivity index (χ1) is 10.7. The minimum Gasteiger partial charge on any atom is -0.494 e. The lowest BCUT2D eigenvalue weighted by Crippen LogP contribution is -2.07. The van der Waals surface area contributed by atoms with E-state index in [1.807, 2.05) is 48.5 Å². The SMILES string of the molecule is COc1cccc2cc(Cc3ccccc3)c(C(=O)O)nc12. The van der Waals surface area contributed by atoms with E-state index >= 15 is 0 Å². The highest BCUT2D eigenvalue weighted by Crippen LogP contribution is 2.26. The number of hydrogen-bond donors (Lipinski definition) is 1. The molecular weight excluding hydrogens is 278 g/mol. The summed E-state index contributed by atoms with van der Waals surface area (Å²) in [7, 11) is 1.55. The molecule has 0 atom stereocenters. The number of ether oxygens (including phenoxy) is 1. The molecule has 0 aliphatic heterocycles. The molecule has 1 aromatic heterocycles. The van der Waals surface area contributed by atoms with Crippen LogP contribution in [0, 0.1) is 0 Å². The van der Waals surface area contributed by atoms with Gasteiger partial charge in [0, 0.05) is 5.39 Å². The summed E-state index contributed by atoms with van der Waals surface area (Å²) in [5.74, 6) is -0.454. The van der Waals surface area contributed by atoms with Crippen LogP contribution < -0.4 is 4.74 Å². The zero-order valence-electron chi connectivity index (χ0n) is 12.1. The maximum Gasteiger partial charge on any atom is 0.354 e. The van der Waals surface area contributed by atoms with Crippen LogP contribution in [0.1, 0.15) is 21.6 Å². The molecular formula is C18H15NO3. The molecule has 0 radical (unpaired) electrons. The number of carbonyl (C=O) groups is 1. The van der Waals surface area contributed by atoms with Gasteiger partial charge in [0.2, 0.25) is 0 Å². The van der Waals surface area contributed by atoms with Gasteiger partial charge in [0.15, 0.2) is 5.69 Å². The van der Waals surface area contributed by atoms with Gasteiger partial charge in [-0.25, -0.2) is 9.78 Å². The van der Waals surface area contributed by atoms with Gasteiger partial charge in [-0.2, -0.15) is 0 Å². The van der Waals surface area contributed by atoms with E-state index in [4.69, 9.17) is 4.74 Å². The average Bonchev–Trinajstić information content (AvgIpc) is 2.54. The zero-order valence-corrected chi connectivity index (χ0v) is 12.1. The van der Waals surface area contributed by atoms with Crippen LogP contribution in [0.4, 0.5) is 0 Å². The van der Waals surface area contributed by atoms with E-state index in [0.717, 1.165) is 10.9 Å². The van der Waals surface area contributed by atoms with Crippen LogP contribution in [0.5, 0.6) is 5.75 Å². The number of fused-ring (bicyclic) bond motifs is 1. The molecule has 4 heteroatoms. The van der Waals surface area contributed by atoms with E-state index < -0.39 is 5.97 Å². The molecule has 3 aromatic rings. The Morgan fingerprint density at radius 3 is 2.59 bits per heavy atom. The highest BCUT2D eigenvalue weighted by molar-refractivity contribution is 5.93. The molecule has 0 saturated heterocycles. The first-order valence-electron chi connectivity index (χ1n) is 6.93. The van der Waals surface area contributed by atoms with Crippen molar-refractivity contribution in [2.75, 3.05) is 7.11 Å². The number of rotatable bonds is 4.